The van der Waals surface area contributed by atoms with Crippen LogP contribution in [0.1, 0.15) is 60.8 Å². The van der Waals surface area contributed by atoms with Gasteiger partial charge in [-0.05, 0) is 69.6 Å². The van der Waals surface area contributed by atoms with Gasteiger partial charge < -0.3 is 14.2 Å². The van der Waals surface area contributed by atoms with Crippen LogP contribution in [-0.4, -0.2) is 37.4 Å². The van der Waals surface area contributed by atoms with Crippen LogP contribution in [-0.2, 0) is 75.5 Å². The van der Waals surface area contributed by atoms with Crippen molar-refractivity contribution in [1.82, 2.24) is 0 Å². The van der Waals surface area contributed by atoms with E-state index in [4.69, 9.17) is 14.2 Å². The molecule has 29 heavy (non-hydrogen) atoms. The fourth-order valence-electron chi connectivity index (χ4n) is 5.03. The number of carbonyl (C=O) groups excluding carboxylic acids is 2. The van der Waals surface area contributed by atoms with Crippen LogP contribution in [0.5, 0.6) is 0 Å². The van der Waals surface area contributed by atoms with E-state index in [0.717, 1.165) is 11.8 Å². The summed E-state index contributed by atoms with van der Waals surface area (Å²) < 4.78 is 16.1. The predicted molar refractivity (Wildman–Crippen MR) is 102 cm³/mol. The Balaban J connectivity index is -0.00000135. The van der Waals surface area contributed by atoms with E-state index in [1.54, 1.807) is 6.92 Å². The van der Waals surface area contributed by atoms with Crippen molar-refractivity contribution in [3.8, 4) is 0 Å². The van der Waals surface area contributed by atoms with Crippen molar-refractivity contribution in [3.05, 3.63) is 12.2 Å². The Morgan fingerprint density at radius 1 is 0.966 bits per heavy atom. The average molecular weight is 729 g/mol. The zero-order valence-electron chi connectivity index (χ0n) is 16.4. The molecule has 4 bridgehead atoms. The topological polar surface area (TPSA) is 61.8 Å². The van der Waals surface area contributed by atoms with Gasteiger partial charge in [0, 0.05) is 63.4 Å². The SMILES string of the molecule is C.C.C=C(C)C(=O)OCCOCC(=O)OC1(C)C2CC3CC(C2)CC1C3.[He].[Hf].[Hf]. The van der Waals surface area contributed by atoms with E-state index in [1.807, 2.05) is 0 Å². The van der Waals surface area contributed by atoms with Crippen molar-refractivity contribution in [3.63, 3.8) is 0 Å². The molecular weight excluding hydrogens is 693 g/mol. The molecule has 0 aromatic heterocycles. The fraction of sp³-hybridized carbons (Fsp3) is 0.810. The maximum absolute atomic E-state index is 12.2. The summed E-state index contributed by atoms with van der Waals surface area (Å²) in [6, 6.07) is 0. The summed E-state index contributed by atoms with van der Waals surface area (Å²) in [4.78, 5) is 23.4. The van der Waals surface area contributed by atoms with Crippen LogP contribution in [0, 0.1) is 29.8 Å². The molecule has 0 heterocycles. The van der Waals surface area contributed by atoms with E-state index in [2.05, 4.69) is 13.5 Å². The Morgan fingerprint density at radius 3 is 1.90 bits per heavy atom. The third kappa shape index (κ3) is 8.05. The summed E-state index contributed by atoms with van der Waals surface area (Å²) in [5, 5.41) is 0. The first-order chi connectivity index (χ1) is 11.4. The second-order valence-electron chi connectivity index (χ2n) is 7.93. The van der Waals surface area contributed by atoms with Gasteiger partial charge in [0.15, 0.2) is 0 Å². The minimum Gasteiger partial charge on any atom is -0.460 e. The van der Waals surface area contributed by atoms with Crippen molar-refractivity contribution in [1.29, 1.82) is 0 Å². The minimum atomic E-state index is -0.442. The average Bonchev–Trinajstić information content (AvgIpc) is 2.51. The molecule has 0 spiro atoms. The molecule has 0 radical (unpaired) electrons. The number of hydrogen-bond acceptors (Lipinski definition) is 5. The van der Waals surface area contributed by atoms with E-state index in [0.29, 0.717) is 17.4 Å². The van der Waals surface area contributed by atoms with Gasteiger partial charge in [0.1, 0.15) is 18.8 Å². The van der Waals surface area contributed by atoms with Crippen molar-refractivity contribution >= 4 is 11.9 Å². The number of esters is 2. The second kappa shape index (κ2) is 14.4. The normalized spacial score (nSPS) is 30.1. The van der Waals surface area contributed by atoms with Crippen LogP contribution >= 0.6 is 0 Å². The molecule has 5 nitrogen and oxygen atoms in total. The van der Waals surface area contributed by atoms with E-state index >= 15 is 0 Å². The molecule has 0 unspecified atom stereocenters. The standard InChI is InChI=1S/C19H28O5.2CH4.He.2Hf/c1-12(2)18(21)23-5-4-22-11-17(20)24-19(3)15-7-13-6-14(9-15)10-16(19)8-13;;;;;/h13-16H,1,4-11H2,2-3H3;2*1H4;;;. The molecule has 160 valence electrons. The summed E-state index contributed by atoms with van der Waals surface area (Å²) in [5.41, 5.74) is 0.0320. The van der Waals surface area contributed by atoms with E-state index in [-0.39, 0.29) is 104 Å². The molecule has 4 saturated carbocycles. The monoisotopic (exact) mass is 732 g/mol. The number of hydrogen-bond donors (Lipinski definition) is 0. The minimum absolute atomic E-state index is 0. The van der Waals surface area contributed by atoms with Crippen molar-refractivity contribution in [2.45, 2.75) is 66.4 Å². The predicted octanol–water partition coefficient (Wildman–Crippen LogP) is 4.15. The molecule has 4 aliphatic rings. The van der Waals surface area contributed by atoms with Gasteiger partial charge in [-0.2, -0.15) is 0 Å². The summed E-state index contributed by atoms with van der Waals surface area (Å²) in [6.45, 7) is 7.42. The van der Waals surface area contributed by atoms with Crippen molar-refractivity contribution in [2.24, 2.45) is 23.7 Å². The van der Waals surface area contributed by atoms with Gasteiger partial charge in [0.25, 0.3) is 0 Å². The molecule has 0 aliphatic heterocycles. The molecule has 0 amide bonds. The van der Waals surface area contributed by atoms with Gasteiger partial charge in [0.2, 0.25) is 0 Å². The quantitative estimate of drug-likeness (QED) is 0.171. The van der Waals surface area contributed by atoms with Gasteiger partial charge in [-0.15, -0.1) is 0 Å². The third-order valence-corrected chi connectivity index (χ3v) is 6.12. The van der Waals surface area contributed by atoms with Crippen LogP contribution in [0.4, 0.5) is 0 Å². The first-order valence-electron chi connectivity index (χ1n) is 9.00. The Labute approximate surface area is 214 Å². The van der Waals surface area contributed by atoms with Crippen LogP contribution in [0.15, 0.2) is 12.2 Å². The van der Waals surface area contributed by atoms with Gasteiger partial charge in [-0.1, -0.05) is 21.4 Å². The summed E-state index contributed by atoms with van der Waals surface area (Å²) in [6.07, 6.45) is 6.19. The molecule has 8 heteroatoms. The van der Waals surface area contributed by atoms with Crippen LogP contribution in [0.3, 0.4) is 0 Å². The summed E-state index contributed by atoms with van der Waals surface area (Å²) >= 11 is 0. The van der Waals surface area contributed by atoms with Crippen LogP contribution in [0.2, 0.25) is 0 Å². The Hall–Kier alpha value is 0.289. The van der Waals surface area contributed by atoms with Crippen molar-refractivity contribution in [2.75, 3.05) is 19.8 Å². The first kappa shape index (κ1) is 33.9. The molecule has 4 rings (SSSR count). The first-order valence-corrected chi connectivity index (χ1v) is 9.00. The zero-order valence-corrected chi connectivity index (χ0v) is 23.6. The molecular formula is C21H36HeHf2O5. The van der Waals surface area contributed by atoms with Gasteiger partial charge in [-0.25, -0.2) is 9.59 Å². The zero-order chi connectivity index (χ0) is 17.3. The molecule has 4 aliphatic carbocycles. The van der Waals surface area contributed by atoms with Crippen LogP contribution in [0.25, 0.3) is 0 Å². The largest absolute Gasteiger partial charge is 0.460 e. The molecule has 4 fully saturated rings. The smallest absolute Gasteiger partial charge is 0.333 e. The third-order valence-electron chi connectivity index (χ3n) is 6.12. The van der Waals surface area contributed by atoms with E-state index < -0.39 is 5.97 Å². The molecule has 0 atom stereocenters. The van der Waals surface area contributed by atoms with Gasteiger partial charge >= 0.3 is 11.9 Å². The van der Waals surface area contributed by atoms with Crippen molar-refractivity contribution < 1.29 is 81.6 Å². The number of carbonyl (C=O) groups is 2. The van der Waals surface area contributed by atoms with E-state index in [9.17, 15) is 9.59 Å². The molecule has 0 saturated heterocycles. The molecule has 0 aromatic carbocycles. The molecule has 0 aromatic rings. The summed E-state index contributed by atoms with van der Waals surface area (Å²) in [7, 11) is 0. The number of ether oxygens (including phenoxy) is 3. The van der Waals surface area contributed by atoms with Crippen LogP contribution < -0.4 is 0 Å². The fourth-order valence-corrected chi connectivity index (χ4v) is 5.03. The van der Waals surface area contributed by atoms with Gasteiger partial charge in [0.05, 0.1) is 6.61 Å². The Kier molecular flexibility index (Phi) is 16.8. The second-order valence-corrected chi connectivity index (χ2v) is 7.93. The number of rotatable bonds is 7. The Morgan fingerprint density at radius 2 is 1.45 bits per heavy atom. The Bertz CT molecular complexity index is 513. The maximum Gasteiger partial charge on any atom is 0.333 e. The maximum atomic E-state index is 12.2. The van der Waals surface area contributed by atoms with E-state index in [1.165, 1.54) is 32.1 Å². The molecule has 0 N–H and O–H groups in total. The van der Waals surface area contributed by atoms with Gasteiger partial charge in [-0.3, -0.25) is 0 Å². The summed E-state index contributed by atoms with van der Waals surface area (Å²) in [5.74, 6) is 1.96.